The average Bonchev–Trinajstić information content (AvgIpc) is 2.57. The number of aldehydes is 1. The Kier molecular flexibility index (Phi) is 7.58. The van der Waals surface area contributed by atoms with Crippen LogP contribution in [0.25, 0.3) is 0 Å². The van der Waals surface area contributed by atoms with Gasteiger partial charge in [-0.25, -0.2) is 0 Å². The van der Waals surface area contributed by atoms with Crippen LogP contribution < -0.4 is 0 Å². The van der Waals surface area contributed by atoms with Crippen LogP contribution in [-0.4, -0.2) is 35.4 Å². The van der Waals surface area contributed by atoms with E-state index in [4.69, 9.17) is 4.74 Å². The number of hydrogen-bond donors (Lipinski definition) is 0. The molecule has 134 valence electrons. The summed E-state index contributed by atoms with van der Waals surface area (Å²) in [7, 11) is 0. The minimum absolute atomic E-state index is 0.0718. The van der Waals surface area contributed by atoms with E-state index in [1.807, 2.05) is 0 Å². The Morgan fingerprint density at radius 1 is 1.28 bits per heavy atom. The quantitative estimate of drug-likeness (QED) is 0.208. The van der Waals surface area contributed by atoms with E-state index in [9.17, 15) is 29.3 Å². The van der Waals surface area contributed by atoms with E-state index in [-0.39, 0.29) is 18.7 Å². The van der Waals surface area contributed by atoms with Crippen LogP contribution in [0, 0.1) is 16.0 Å². The smallest absolute Gasteiger partial charge is 0.313 e. The number of nitro benzene ring substituents is 1. The first kappa shape index (κ1) is 20.1. The monoisotopic (exact) mass is 349 g/mol. The molecule has 0 N–H and O–H groups in total. The van der Waals surface area contributed by atoms with E-state index in [2.05, 4.69) is 0 Å². The zero-order valence-corrected chi connectivity index (χ0v) is 14.0. The van der Waals surface area contributed by atoms with Gasteiger partial charge in [0.05, 0.1) is 17.4 Å². The number of benzene rings is 1. The lowest BCUT2D eigenvalue weighted by Crippen LogP contribution is -2.20. The van der Waals surface area contributed by atoms with E-state index in [0.29, 0.717) is 11.8 Å². The molecule has 0 bridgehead atoms. The lowest BCUT2D eigenvalue weighted by Gasteiger charge is -2.13. The SMILES string of the molecule is CC(=O)C(C=O)CC(=O)CC(=O)OCC(C)c1ccccc1[N+](=O)[O-]. The first-order valence-corrected chi connectivity index (χ1v) is 7.62. The summed E-state index contributed by atoms with van der Waals surface area (Å²) in [4.78, 5) is 55.6. The van der Waals surface area contributed by atoms with Crippen molar-refractivity contribution in [2.45, 2.75) is 32.6 Å². The van der Waals surface area contributed by atoms with E-state index in [1.165, 1.54) is 19.1 Å². The summed E-state index contributed by atoms with van der Waals surface area (Å²) >= 11 is 0. The average molecular weight is 349 g/mol. The predicted molar refractivity (Wildman–Crippen MR) is 86.9 cm³/mol. The standard InChI is InChI=1S/C17H19NO7/c1-11(15-5-3-4-6-16(15)18(23)24)10-25-17(22)8-14(21)7-13(9-19)12(2)20/h3-6,9,11,13H,7-8,10H2,1-2H3. The van der Waals surface area contributed by atoms with Crippen LogP contribution in [0.5, 0.6) is 0 Å². The molecule has 0 amide bonds. The molecule has 1 aromatic carbocycles. The van der Waals surface area contributed by atoms with Crippen LogP contribution in [0.4, 0.5) is 5.69 Å². The molecule has 0 aliphatic heterocycles. The molecule has 0 aliphatic carbocycles. The molecule has 0 spiro atoms. The molecule has 2 atom stereocenters. The summed E-state index contributed by atoms with van der Waals surface area (Å²) < 4.78 is 4.98. The minimum atomic E-state index is -1.05. The Bertz CT molecular complexity index is 683. The third kappa shape index (κ3) is 6.25. The maximum absolute atomic E-state index is 11.7. The molecule has 25 heavy (non-hydrogen) atoms. The molecule has 0 aliphatic rings. The number of carbonyl (C=O) groups is 4. The van der Waals surface area contributed by atoms with Crippen LogP contribution in [0.15, 0.2) is 24.3 Å². The molecule has 8 heteroatoms. The number of hydrogen-bond acceptors (Lipinski definition) is 7. The topological polar surface area (TPSA) is 121 Å². The highest BCUT2D eigenvalue weighted by atomic mass is 16.6. The molecule has 0 fully saturated rings. The maximum atomic E-state index is 11.7. The predicted octanol–water partition coefficient (Wildman–Crippen LogP) is 1.99. The highest BCUT2D eigenvalue weighted by Crippen LogP contribution is 2.26. The number of nitro groups is 1. The third-order valence-electron chi connectivity index (χ3n) is 3.63. The van der Waals surface area contributed by atoms with Crippen LogP contribution in [0.3, 0.4) is 0 Å². The molecule has 0 saturated carbocycles. The lowest BCUT2D eigenvalue weighted by atomic mass is 9.99. The Morgan fingerprint density at radius 3 is 2.48 bits per heavy atom. The zero-order valence-electron chi connectivity index (χ0n) is 14.0. The first-order valence-electron chi connectivity index (χ1n) is 7.62. The van der Waals surface area contributed by atoms with Crippen molar-refractivity contribution in [3.05, 3.63) is 39.9 Å². The number of ketones is 2. The van der Waals surface area contributed by atoms with Crippen LogP contribution >= 0.6 is 0 Å². The van der Waals surface area contributed by atoms with Gasteiger partial charge in [0, 0.05) is 24.0 Å². The van der Waals surface area contributed by atoms with Gasteiger partial charge in [-0.1, -0.05) is 25.1 Å². The first-order chi connectivity index (χ1) is 11.8. The Hall–Kier alpha value is -2.90. The number of Topliss-reactive ketones (excluding diaryl/α,β-unsaturated/α-hetero) is 2. The fourth-order valence-corrected chi connectivity index (χ4v) is 2.20. The van der Waals surface area contributed by atoms with Gasteiger partial charge in [-0.2, -0.15) is 0 Å². The Morgan fingerprint density at radius 2 is 1.92 bits per heavy atom. The second-order valence-corrected chi connectivity index (χ2v) is 5.67. The zero-order chi connectivity index (χ0) is 19.0. The van der Waals surface area contributed by atoms with Gasteiger partial charge in [-0.3, -0.25) is 24.5 Å². The van der Waals surface area contributed by atoms with Gasteiger partial charge in [-0.05, 0) is 6.92 Å². The summed E-state index contributed by atoms with van der Waals surface area (Å²) in [5, 5.41) is 11.0. The lowest BCUT2D eigenvalue weighted by molar-refractivity contribution is -0.385. The second kappa shape index (κ2) is 9.41. The molecule has 2 unspecified atom stereocenters. The number of para-hydroxylation sites is 1. The highest BCUT2D eigenvalue weighted by molar-refractivity contribution is 6.01. The van der Waals surface area contributed by atoms with Crippen LogP contribution in [-0.2, 0) is 23.9 Å². The van der Waals surface area contributed by atoms with Crippen molar-refractivity contribution in [2.75, 3.05) is 6.61 Å². The largest absolute Gasteiger partial charge is 0.465 e. The van der Waals surface area contributed by atoms with Gasteiger partial charge in [0.25, 0.3) is 5.69 Å². The molecular weight excluding hydrogens is 330 g/mol. The molecule has 1 aromatic rings. The number of ether oxygens (including phenoxy) is 1. The molecule has 0 saturated heterocycles. The van der Waals surface area contributed by atoms with Gasteiger partial charge in [0.1, 0.15) is 24.3 Å². The van der Waals surface area contributed by atoms with Crippen molar-refractivity contribution in [2.24, 2.45) is 5.92 Å². The summed E-state index contributed by atoms with van der Waals surface area (Å²) in [5.74, 6) is -3.30. The van der Waals surface area contributed by atoms with Gasteiger partial charge < -0.3 is 9.53 Å². The Labute approximate surface area is 144 Å². The number of carbonyl (C=O) groups excluding carboxylic acids is 4. The molecular formula is C17H19NO7. The normalized spacial score (nSPS) is 12.7. The Balaban J connectivity index is 2.56. The highest BCUT2D eigenvalue weighted by Gasteiger charge is 2.22. The second-order valence-electron chi connectivity index (χ2n) is 5.67. The number of rotatable bonds is 10. The van der Waals surface area contributed by atoms with Crippen LogP contribution in [0.1, 0.15) is 38.2 Å². The van der Waals surface area contributed by atoms with Crippen LogP contribution in [0.2, 0.25) is 0 Å². The molecule has 0 radical (unpaired) electrons. The van der Waals surface area contributed by atoms with Gasteiger partial charge in [0.15, 0.2) is 0 Å². The van der Waals surface area contributed by atoms with Crippen molar-refractivity contribution < 1.29 is 28.8 Å². The summed E-state index contributed by atoms with van der Waals surface area (Å²) in [6, 6.07) is 6.12. The summed E-state index contributed by atoms with van der Waals surface area (Å²) in [6.07, 6.45) is -0.517. The number of esters is 1. The van der Waals surface area contributed by atoms with Crippen molar-refractivity contribution >= 4 is 29.5 Å². The summed E-state index contributed by atoms with van der Waals surface area (Å²) in [6.45, 7) is 2.73. The molecule has 0 heterocycles. The fraction of sp³-hybridized carbons (Fsp3) is 0.412. The third-order valence-corrected chi connectivity index (χ3v) is 3.63. The van der Waals surface area contributed by atoms with E-state index >= 15 is 0 Å². The molecule has 8 nitrogen and oxygen atoms in total. The summed E-state index contributed by atoms with van der Waals surface area (Å²) in [5.41, 5.74) is 0.349. The molecule has 1 rings (SSSR count). The van der Waals surface area contributed by atoms with E-state index in [0.717, 1.165) is 0 Å². The fourth-order valence-electron chi connectivity index (χ4n) is 2.20. The van der Waals surface area contributed by atoms with E-state index < -0.39 is 40.7 Å². The van der Waals surface area contributed by atoms with Crippen molar-refractivity contribution in [3.63, 3.8) is 0 Å². The number of nitrogens with zero attached hydrogens (tertiary/aromatic N) is 1. The molecule has 0 aromatic heterocycles. The van der Waals surface area contributed by atoms with Crippen molar-refractivity contribution in [1.82, 2.24) is 0 Å². The van der Waals surface area contributed by atoms with Crippen molar-refractivity contribution in [1.29, 1.82) is 0 Å². The maximum Gasteiger partial charge on any atom is 0.313 e. The minimum Gasteiger partial charge on any atom is -0.465 e. The van der Waals surface area contributed by atoms with Gasteiger partial charge in [0.2, 0.25) is 0 Å². The van der Waals surface area contributed by atoms with Crippen molar-refractivity contribution in [3.8, 4) is 0 Å². The van der Waals surface area contributed by atoms with Gasteiger partial charge >= 0.3 is 5.97 Å². The van der Waals surface area contributed by atoms with Gasteiger partial charge in [-0.15, -0.1) is 0 Å². The van der Waals surface area contributed by atoms with E-state index in [1.54, 1.807) is 19.1 Å².